The number of aromatic nitrogens is 4. The third-order valence-electron chi connectivity index (χ3n) is 6.49. The summed E-state index contributed by atoms with van der Waals surface area (Å²) in [6.45, 7) is 3.00. The molecule has 1 aliphatic heterocycles. The zero-order valence-corrected chi connectivity index (χ0v) is 18.4. The average molecular weight is 443 g/mol. The van der Waals surface area contributed by atoms with Gasteiger partial charge in [0.25, 0.3) is 5.91 Å². The summed E-state index contributed by atoms with van der Waals surface area (Å²) in [5.41, 5.74) is 13.0. The predicted octanol–water partition coefficient (Wildman–Crippen LogP) is 4.69. The van der Waals surface area contributed by atoms with E-state index >= 15 is 0 Å². The van der Waals surface area contributed by atoms with E-state index in [1.165, 1.54) is 4.70 Å². The molecule has 0 spiro atoms. The van der Waals surface area contributed by atoms with Crippen LogP contribution in [0.2, 0.25) is 0 Å². The van der Waals surface area contributed by atoms with Gasteiger partial charge in [-0.05, 0) is 54.7 Å². The lowest BCUT2D eigenvalue weighted by Crippen LogP contribution is -2.40. The largest absolute Gasteiger partial charge is 0.382 e. The van der Waals surface area contributed by atoms with Gasteiger partial charge in [0.1, 0.15) is 11.3 Å². The van der Waals surface area contributed by atoms with Gasteiger partial charge in [-0.3, -0.25) is 9.20 Å². The van der Waals surface area contributed by atoms with E-state index in [0.717, 1.165) is 47.0 Å². The Labute approximate surface area is 188 Å². The van der Waals surface area contributed by atoms with E-state index in [9.17, 15) is 4.79 Å². The lowest BCUT2D eigenvalue weighted by molar-refractivity contribution is 0.0559. The van der Waals surface area contributed by atoms with Crippen LogP contribution in [0.1, 0.15) is 41.7 Å². The molecule has 1 amide bonds. The molecule has 1 fully saturated rings. The smallest absolute Gasteiger partial charge is 0.254 e. The molecule has 0 unspecified atom stereocenters. The molecular formula is C24H22N6OS. The fourth-order valence-corrected chi connectivity index (χ4v) is 5.41. The van der Waals surface area contributed by atoms with Crippen LogP contribution in [0.25, 0.3) is 26.8 Å². The highest BCUT2D eigenvalue weighted by molar-refractivity contribution is 7.16. The van der Waals surface area contributed by atoms with E-state index < -0.39 is 0 Å². The zero-order chi connectivity index (χ0) is 21.8. The third-order valence-corrected chi connectivity index (χ3v) is 7.30. The number of likely N-dealkylation sites (tertiary alicyclic amines) is 1. The molecule has 0 saturated carbocycles. The SMILES string of the molecule is C[C@@H]1CCN(C(=O)c2ccc3nc(N)c4cncn4c3c2)[C@@H](c2ccc3scnc3c2)C1. The molecule has 5 aromatic rings. The Kier molecular flexibility index (Phi) is 4.36. The number of hydrogen-bond acceptors (Lipinski definition) is 6. The number of benzene rings is 2. The molecule has 7 nitrogen and oxygen atoms in total. The Balaban J connectivity index is 1.42. The van der Waals surface area contributed by atoms with Crippen molar-refractivity contribution in [1.82, 2.24) is 24.3 Å². The first-order valence-corrected chi connectivity index (χ1v) is 11.6. The van der Waals surface area contributed by atoms with Crippen molar-refractivity contribution in [2.75, 3.05) is 12.3 Å². The van der Waals surface area contributed by atoms with Crippen molar-refractivity contribution in [2.45, 2.75) is 25.8 Å². The Bertz CT molecular complexity index is 1490. The number of carbonyl (C=O) groups excluding carboxylic acids is 1. The van der Waals surface area contributed by atoms with E-state index in [4.69, 9.17) is 5.73 Å². The van der Waals surface area contributed by atoms with Crippen LogP contribution < -0.4 is 5.73 Å². The van der Waals surface area contributed by atoms with Crippen LogP contribution in [-0.4, -0.2) is 36.7 Å². The van der Waals surface area contributed by atoms with Gasteiger partial charge in [-0.15, -0.1) is 11.3 Å². The van der Waals surface area contributed by atoms with E-state index in [-0.39, 0.29) is 11.9 Å². The Morgan fingerprint density at radius 1 is 1.16 bits per heavy atom. The Morgan fingerprint density at radius 3 is 2.97 bits per heavy atom. The minimum absolute atomic E-state index is 0.0332. The highest BCUT2D eigenvalue weighted by Crippen LogP contribution is 2.36. The van der Waals surface area contributed by atoms with Gasteiger partial charge in [0, 0.05) is 12.1 Å². The molecular weight excluding hydrogens is 420 g/mol. The molecule has 2 N–H and O–H groups in total. The number of nitrogens with zero attached hydrogens (tertiary/aromatic N) is 5. The number of thiazole rings is 1. The molecule has 0 radical (unpaired) electrons. The van der Waals surface area contributed by atoms with Gasteiger partial charge < -0.3 is 10.6 Å². The van der Waals surface area contributed by atoms with Crippen molar-refractivity contribution >= 4 is 49.8 Å². The molecule has 6 rings (SSSR count). The molecule has 2 atom stereocenters. The van der Waals surface area contributed by atoms with Gasteiger partial charge in [-0.2, -0.15) is 0 Å². The van der Waals surface area contributed by atoms with E-state index in [0.29, 0.717) is 17.3 Å². The van der Waals surface area contributed by atoms with Gasteiger partial charge in [-0.1, -0.05) is 13.0 Å². The topological polar surface area (TPSA) is 89.4 Å². The van der Waals surface area contributed by atoms with Crippen molar-refractivity contribution in [3.05, 3.63) is 65.6 Å². The van der Waals surface area contributed by atoms with Crippen molar-refractivity contribution in [1.29, 1.82) is 0 Å². The number of nitrogen functional groups attached to an aromatic ring is 1. The standard InChI is InChI=1S/C24H22N6OS/c1-14-6-7-29(19(8-14)15-3-5-22-18(9-15)27-13-32-22)24(31)16-2-4-17-20(10-16)30-12-26-11-21(30)23(25)28-17/h2-5,9-14,19H,6-8H2,1H3,(H2,25,28)/t14-,19-/m1/s1. The summed E-state index contributed by atoms with van der Waals surface area (Å²) in [5, 5.41) is 0. The van der Waals surface area contributed by atoms with Gasteiger partial charge in [0.15, 0.2) is 0 Å². The van der Waals surface area contributed by atoms with Crippen LogP contribution >= 0.6 is 11.3 Å². The molecule has 0 bridgehead atoms. The summed E-state index contributed by atoms with van der Waals surface area (Å²) < 4.78 is 3.06. The fourth-order valence-electron chi connectivity index (χ4n) is 4.76. The highest BCUT2D eigenvalue weighted by Gasteiger charge is 2.32. The lowest BCUT2D eigenvalue weighted by Gasteiger charge is -2.39. The van der Waals surface area contributed by atoms with Crippen molar-refractivity contribution in [3.63, 3.8) is 0 Å². The summed E-state index contributed by atoms with van der Waals surface area (Å²) in [7, 11) is 0. The summed E-state index contributed by atoms with van der Waals surface area (Å²) in [6.07, 6.45) is 5.34. The number of imidazole rings is 1. The molecule has 1 saturated heterocycles. The first kappa shape index (κ1) is 19.2. The predicted molar refractivity (Wildman–Crippen MR) is 127 cm³/mol. The highest BCUT2D eigenvalue weighted by atomic mass is 32.1. The molecule has 32 heavy (non-hydrogen) atoms. The second-order valence-corrected chi connectivity index (χ2v) is 9.46. The molecule has 4 heterocycles. The number of anilines is 1. The second-order valence-electron chi connectivity index (χ2n) is 8.57. The van der Waals surface area contributed by atoms with Crippen LogP contribution in [0.3, 0.4) is 0 Å². The van der Waals surface area contributed by atoms with Crippen LogP contribution in [0, 0.1) is 5.92 Å². The molecule has 160 valence electrons. The minimum atomic E-state index is 0.0332. The first-order chi connectivity index (χ1) is 15.6. The van der Waals surface area contributed by atoms with Crippen LogP contribution in [0.15, 0.2) is 54.4 Å². The number of piperidine rings is 1. The van der Waals surface area contributed by atoms with Crippen molar-refractivity contribution in [3.8, 4) is 0 Å². The molecule has 1 aliphatic rings. The maximum absolute atomic E-state index is 13.7. The van der Waals surface area contributed by atoms with E-state index in [1.807, 2.05) is 33.0 Å². The third kappa shape index (κ3) is 3.02. The van der Waals surface area contributed by atoms with Gasteiger partial charge in [0.05, 0.1) is 45.3 Å². The summed E-state index contributed by atoms with van der Waals surface area (Å²) in [5.74, 6) is 1.02. The maximum Gasteiger partial charge on any atom is 0.254 e. The number of carbonyl (C=O) groups is 1. The number of fused-ring (bicyclic) bond motifs is 4. The summed E-state index contributed by atoms with van der Waals surface area (Å²) in [6, 6.07) is 12.0. The van der Waals surface area contributed by atoms with E-state index in [2.05, 4.69) is 40.1 Å². The van der Waals surface area contributed by atoms with Gasteiger partial charge in [-0.25, -0.2) is 15.0 Å². The molecule has 0 aliphatic carbocycles. The van der Waals surface area contributed by atoms with Crippen molar-refractivity contribution in [2.24, 2.45) is 5.92 Å². The first-order valence-electron chi connectivity index (χ1n) is 10.7. The maximum atomic E-state index is 13.7. The monoisotopic (exact) mass is 442 g/mol. The van der Waals surface area contributed by atoms with Crippen LogP contribution in [-0.2, 0) is 0 Å². The molecule has 8 heteroatoms. The summed E-state index contributed by atoms with van der Waals surface area (Å²) in [4.78, 5) is 28.9. The number of amides is 1. The minimum Gasteiger partial charge on any atom is -0.382 e. The lowest BCUT2D eigenvalue weighted by atomic mass is 9.87. The van der Waals surface area contributed by atoms with Crippen LogP contribution in [0.5, 0.6) is 0 Å². The van der Waals surface area contributed by atoms with E-state index in [1.54, 1.807) is 23.9 Å². The number of hydrogen-bond donors (Lipinski definition) is 1. The zero-order valence-electron chi connectivity index (χ0n) is 17.6. The second kappa shape index (κ2) is 7.27. The van der Waals surface area contributed by atoms with Crippen molar-refractivity contribution < 1.29 is 4.79 Å². The normalized spacial score (nSPS) is 19.2. The van der Waals surface area contributed by atoms with Crippen LogP contribution in [0.4, 0.5) is 5.82 Å². The van der Waals surface area contributed by atoms with Gasteiger partial charge in [0.2, 0.25) is 0 Å². The molecule has 2 aromatic carbocycles. The Morgan fingerprint density at radius 2 is 2.06 bits per heavy atom. The average Bonchev–Trinajstić information content (AvgIpc) is 3.48. The fraction of sp³-hybridized carbons (Fsp3) is 0.250. The quantitative estimate of drug-likeness (QED) is 0.428. The summed E-state index contributed by atoms with van der Waals surface area (Å²) >= 11 is 1.64. The molecule has 3 aromatic heterocycles. The number of rotatable bonds is 2. The Hall–Kier alpha value is -3.52. The number of nitrogens with two attached hydrogens (primary N) is 1. The van der Waals surface area contributed by atoms with Gasteiger partial charge >= 0.3 is 0 Å².